The second-order valence-electron chi connectivity index (χ2n) is 5.25. The van der Waals surface area contributed by atoms with E-state index in [0.717, 1.165) is 16.8 Å². The lowest BCUT2D eigenvalue weighted by atomic mass is 10.1. The summed E-state index contributed by atoms with van der Waals surface area (Å²) >= 11 is 0. The number of aromatic nitrogens is 2. The Morgan fingerprint density at radius 2 is 2.00 bits per heavy atom. The maximum absolute atomic E-state index is 12.9. The lowest BCUT2D eigenvalue weighted by Gasteiger charge is -2.13. The molecule has 0 radical (unpaired) electrons. The molecule has 1 N–H and O–H groups in total. The molecule has 0 unspecified atom stereocenters. The summed E-state index contributed by atoms with van der Waals surface area (Å²) in [6.07, 6.45) is -4.52. The van der Waals surface area contributed by atoms with Gasteiger partial charge in [-0.15, -0.1) is 0 Å². The van der Waals surface area contributed by atoms with Crippen LogP contribution in [0, 0.1) is 6.92 Å². The van der Waals surface area contributed by atoms with Crippen molar-refractivity contribution in [2.45, 2.75) is 19.6 Å². The number of nitrogens with zero attached hydrogens (tertiary/aromatic N) is 2. The standard InChI is InChI=1S/C16H16F3N3O3/c1-10-3-4-11(9-12(10)16(17,18)19)20-15(24)13-5-6-14(23)22(21-13)7-8-25-2/h3-6,9H,7-8H2,1-2H3,(H,20,24). The Labute approximate surface area is 141 Å². The maximum atomic E-state index is 12.9. The molecule has 0 aliphatic rings. The highest BCUT2D eigenvalue weighted by atomic mass is 19.4. The highest BCUT2D eigenvalue weighted by molar-refractivity contribution is 6.02. The first-order chi connectivity index (χ1) is 11.7. The van der Waals surface area contributed by atoms with Crippen LogP contribution in [0.3, 0.4) is 0 Å². The van der Waals surface area contributed by atoms with E-state index in [1.54, 1.807) is 0 Å². The largest absolute Gasteiger partial charge is 0.416 e. The number of benzene rings is 1. The van der Waals surface area contributed by atoms with E-state index in [1.807, 2.05) is 0 Å². The summed E-state index contributed by atoms with van der Waals surface area (Å²) in [6, 6.07) is 5.86. The maximum Gasteiger partial charge on any atom is 0.416 e. The van der Waals surface area contributed by atoms with Crippen LogP contribution in [0.4, 0.5) is 18.9 Å². The van der Waals surface area contributed by atoms with Crippen molar-refractivity contribution in [1.82, 2.24) is 9.78 Å². The molecule has 0 aliphatic carbocycles. The number of aryl methyl sites for hydroxylation is 1. The van der Waals surface area contributed by atoms with Gasteiger partial charge in [0.2, 0.25) is 0 Å². The van der Waals surface area contributed by atoms with Gasteiger partial charge in [0.1, 0.15) is 5.69 Å². The molecular weight excluding hydrogens is 339 g/mol. The smallest absolute Gasteiger partial charge is 0.383 e. The van der Waals surface area contributed by atoms with Crippen molar-refractivity contribution in [3.05, 3.63) is 57.5 Å². The van der Waals surface area contributed by atoms with Crippen molar-refractivity contribution >= 4 is 11.6 Å². The summed E-state index contributed by atoms with van der Waals surface area (Å²) in [5.41, 5.74) is -1.30. The minimum Gasteiger partial charge on any atom is -0.383 e. The molecule has 0 spiro atoms. The van der Waals surface area contributed by atoms with Crippen LogP contribution < -0.4 is 10.9 Å². The number of rotatable bonds is 5. The summed E-state index contributed by atoms with van der Waals surface area (Å²) in [5.74, 6) is -0.719. The molecule has 1 aromatic carbocycles. The molecule has 1 amide bonds. The third-order valence-corrected chi connectivity index (χ3v) is 3.41. The first kappa shape index (κ1) is 18.7. The molecule has 0 saturated heterocycles. The predicted octanol–water partition coefficient (Wildman–Crippen LogP) is 2.47. The molecule has 2 aromatic rings. The number of carbonyl (C=O) groups is 1. The molecule has 1 heterocycles. The van der Waals surface area contributed by atoms with Crippen molar-refractivity contribution in [3.8, 4) is 0 Å². The Hall–Kier alpha value is -2.68. The van der Waals surface area contributed by atoms with Crippen LogP contribution in [0.5, 0.6) is 0 Å². The Bertz CT molecular complexity index is 831. The summed E-state index contributed by atoms with van der Waals surface area (Å²) in [5, 5.41) is 6.24. The topological polar surface area (TPSA) is 73.2 Å². The van der Waals surface area contributed by atoms with Crippen molar-refractivity contribution < 1.29 is 22.7 Å². The van der Waals surface area contributed by atoms with Crippen LogP contribution in [-0.4, -0.2) is 29.4 Å². The zero-order chi connectivity index (χ0) is 18.6. The number of anilines is 1. The van der Waals surface area contributed by atoms with Crippen LogP contribution in [-0.2, 0) is 17.5 Å². The van der Waals surface area contributed by atoms with E-state index >= 15 is 0 Å². The molecule has 0 saturated carbocycles. The number of hydrogen-bond donors (Lipinski definition) is 1. The molecule has 6 nitrogen and oxygen atoms in total. The van der Waals surface area contributed by atoms with Gasteiger partial charge in [-0.1, -0.05) is 6.07 Å². The van der Waals surface area contributed by atoms with Gasteiger partial charge in [-0.3, -0.25) is 9.59 Å². The highest BCUT2D eigenvalue weighted by Gasteiger charge is 2.32. The van der Waals surface area contributed by atoms with Crippen molar-refractivity contribution in [2.75, 3.05) is 19.0 Å². The predicted molar refractivity (Wildman–Crippen MR) is 84.5 cm³/mol. The molecule has 9 heteroatoms. The van der Waals surface area contributed by atoms with Gasteiger partial charge < -0.3 is 10.1 Å². The fraction of sp³-hybridized carbons (Fsp3) is 0.312. The van der Waals surface area contributed by atoms with E-state index in [-0.39, 0.29) is 30.1 Å². The lowest BCUT2D eigenvalue weighted by Crippen LogP contribution is -2.27. The van der Waals surface area contributed by atoms with E-state index < -0.39 is 23.2 Å². The number of hydrogen-bond acceptors (Lipinski definition) is 4. The third-order valence-electron chi connectivity index (χ3n) is 3.41. The van der Waals surface area contributed by atoms with Crippen LogP contribution in [0.25, 0.3) is 0 Å². The van der Waals surface area contributed by atoms with Gasteiger partial charge >= 0.3 is 6.18 Å². The molecule has 1 aromatic heterocycles. The minimum atomic E-state index is -4.52. The molecular formula is C16H16F3N3O3. The van der Waals surface area contributed by atoms with E-state index in [2.05, 4.69) is 10.4 Å². The Kier molecular flexibility index (Phi) is 5.58. The van der Waals surface area contributed by atoms with Crippen LogP contribution in [0.15, 0.2) is 35.1 Å². The van der Waals surface area contributed by atoms with Gasteiger partial charge in [0.05, 0.1) is 18.7 Å². The van der Waals surface area contributed by atoms with Gasteiger partial charge in [-0.05, 0) is 30.7 Å². The molecule has 0 aliphatic heterocycles. The van der Waals surface area contributed by atoms with Crippen LogP contribution in [0.1, 0.15) is 21.6 Å². The SMILES string of the molecule is COCCn1nc(C(=O)Nc2ccc(C)c(C(F)(F)F)c2)ccc1=O. The molecule has 25 heavy (non-hydrogen) atoms. The Morgan fingerprint density at radius 3 is 2.64 bits per heavy atom. The average Bonchev–Trinajstić information content (AvgIpc) is 2.54. The summed E-state index contributed by atoms with van der Waals surface area (Å²) in [4.78, 5) is 23.8. The summed E-state index contributed by atoms with van der Waals surface area (Å²) in [6.45, 7) is 1.71. The number of nitrogens with one attached hydrogen (secondary N) is 1. The van der Waals surface area contributed by atoms with Gasteiger partial charge in [0.15, 0.2) is 0 Å². The minimum absolute atomic E-state index is 0.0145. The van der Waals surface area contributed by atoms with Gasteiger partial charge in [-0.2, -0.15) is 18.3 Å². The second-order valence-corrected chi connectivity index (χ2v) is 5.25. The Balaban J connectivity index is 2.24. The van der Waals surface area contributed by atoms with Gasteiger partial charge in [0, 0.05) is 18.9 Å². The number of amides is 1. The number of ether oxygens (including phenoxy) is 1. The Morgan fingerprint density at radius 1 is 1.28 bits per heavy atom. The first-order valence-electron chi connectivity index (χ1n) is 7.28. The van der Waals surface area contributed by atoms with E-state index in [4.69, 9.17) is 4.74 Å². The third kappa shape index (κ3) is 4.66. The molecule has 134 valence electrons. The molecule has 0 atom stereocenters. The molecule has 0 fully saturated rings. The number of alkyl halides is 3. The highest BCUT2D eigenvalue weighted by Crippen LogP contribution is 2.33. The first-order valence-corrected chi connectivity index (χ1v) is 7.28. The summed E-state index contributed by atoms with van der Waals surface area (Å²) in [7, 11) is 1.46. The van der Waals surface area contributed by atoms with E-state index in [9.17, 15) is 22.8 Å². The van der Waals surface area contributed by atoms with E-state index in [1.165, 1.54) is 32.2 Å². The fourth-order valence-corrected chi connectivity index (χ4v) is 2.11. The van der Waals surface area contributed by atoms with Crippen molar-refractivity contribution in [3.63, 3.8) is 0 Å². The number of methoxy groups -OCH3 is 1. The zero-order valence-electron chi connectivity index (χ0n) is 13.6. The number of halogens is 3. The average molecular weight is 355 g/mol. The van der Waals surface area contributed by atoms with Crippen LogP contribution in [0.2, 0.25) is 0 Å². The zero-order valence-corrected chi connectivity index (χ0v) is 13.6. The second kappa shape index (κ2) is 7.47. The van der Waals surface area contributed by atoms with Crippen molar-refractivity contribution in [1.29, 1.82) is 0 Å². The molecule has 2 rings (SSSR count). The molecule has 0 bridgehead atoms. The van der Waals surface area contributed by atoms with Crippen molar-refractivity contribution in [2.24, 2.45) is 0 Å². The van der Waals surface area contributed by atoms with Crippen LogP contribution >= 0.6 is 0 Å². The summed E-state index contributed by atoms with van der Waals surface area (Å²) < 4.78 is 44.7. The quantitative estimate of drug-likeness (QED) is 0.894. The van der Waals surface area contributed by atoms with Gasteiger partial charge in [-0.25, -0.2) is 4.68 Å². The van der Waals surface area contributed by atoms with E-state index in [0.29, 0.717) is 0 Å². The number of carbonyl (C=O) groups excluding carboxylic acids is 1. The monoisotopic (exact) mass is 355 g/mol. The van der Waals surface area contributed by atoms with Gasteiger partial charge in [0.25, 0.3) is 11.5 Å². The normalized spacial score (nSPS) is 11.4. The lowest BCUT2D eigenvalue weighted by molar-refractivity contribution is -0.138. The fourth-order valence-electron chi connectivity index (χ4n) is 2.11.